The van der Waals surface area contributed by atoms with Crippen molar-refractivity contribution in [2.45, 2.75) is 39.3 Å². The van der Waals surface area contributed by atoms with E-state index in [9.17, 15) is 9.90 Å². The second-order valence-corrected chi connectivity index (χ2v) is 8.64. The summed E-state index contributed by atoms with van der Waals surface area (Å²) < 4.78 is 11.4. The highest BCUT2D eigenvalue weighted by molar-refractivity contribution is 6.31. The van der Waals surface area contributed by atoms with Gasteiger partial charge in [-0.2, -0.15) is 5.10 Å². The molecule has 1 aromatic heterocycles. The summed E-state index contributed by atoms with van der Waals surface area (Å²) in [4.78, 5) is 15.2. The molecule has 2 aromatic carbocycles. The summed E-state index contributed by atoms with van der Waals surface area (Å²) in [5, 5.41) is 18.3. The molecule has 0 bridgehead atoms. The summed E-state index contributed by atoms with van der Waals surface area (Å²) in [5.41, 5.74) is 3.02. The standard InChI is InChI=1S/C25H28ClN3O4/c1-4-32-18-8-5-7-16(13-18)24-21-22(19-14-17(26)9-10-20(19)30)27-28-23(21)25(31)29(24)11-6-12-33-15(2)3/h5,7-10,13-15,24,30H,4,6,11-12H2,1-3H3,(H,27,28). The van der Waals surface area contributed by atoms with Crippen molar-refractivity contribution < 1.29 is 19.4 Å². The first-order chi connectivity index (χ1) is 15.9. The number of aromatic nitrogens is 2. The molecule has 4 rings (SSSR count). The number of carbonyl (C=O) groups is 1. The normalized spacial score (nSPS) is 15.4. The molecule has 0 saturated heterocycles. The third kappa shape index (κ3) is 4.70. The zero-order valence-corrected chi connectivity index (χ0v) is 19.7. The zero-order valence-electron chi connectivity index (χ0n) is 19.0. The Morgan fingerprint density at radius 1 is 1.24 bits per heavy atom. The van der Waals surface area contributed by atoms with E-state index in [-0.39, 0.29) is 23.8 Å². The van der Waals surface area contributed by atoms with Gasteiger partial charge in [0.05, 0.1) is 18.8 Å². The van der Waals surface area contributed by atoms with Crippen LogP contribution in [-0.2, 0) is 4.74 Å². The van der Waals surface area contributed by atoms with E-state index in [1.807, 2.05) is 49.9 Å². The highest BCUT2D eigenvalue weighted by atomic mass is 35.5. The molecule has 0 saturated carbocycles. The lowest BCUT2D eigenvalue weighted by Crippen LogP contribution is -2.31. The van der Waals surface area contributed by atoms with Crippen LogP contribution in [0.2, 0.25) is 5.02 Å². The van der Waals surface area contributed by atoms with Gasteiger partial charge in [-0.15, -0.1) is 0 Å². The van der Waals surface area contributed by atoms with E-state index in [0.29, 0.717) is 48.2 Å². The minimum absolute atomic E-state index is 0.0479. The molecule has 1 atom stereocenters. The first-order valence-electron chi connectivity index (χ1n) is 11.1. The number of H-pyrrole nitrogens is 1. The number of phenols is 1. The van der Waals surface area contributed by atoms with E-state index in [1.165, 1.54) is 6.07 Å². The fourth-order valence-electron chi connectivity index (χ4n) is 4.17. The van der Waals surface area contributed by atoms with Gasteiger partial charge in [0, 0.05) is 29.3 Å². The SMILES string of the molecule is CCOc1cccc(C2c3c(-c4cc(Cl)ccc4O)n[nH]c3C(=O)N2CCCOC(C)C)c1. The Kier molecular flexibility index (Phi) is 6.91. The zero-order chi connectivity index (χ0) is 23.5. The molecule has 1 aliphatic heterocycles. The number of halogens is 1. The van der Waals surface area contributed by atoms with Gasteiger partial charge < -0.3 is 19.5 Å². The lowest BCUT2D eigenvalue weighted by atomic mass is 9.95. The molecule has 0 aliphatic carbocycles. The molecule has 3 aromatic rings. The smallest absolute Gasteiger partial charge is 0.273 e. The van der Waals surface area contributed by atoms with Gasteiger partial charge in [-0.1, -0.05) is 23.7 Å². The number of rotatable bonds is 9. The van der Waals surface area contributed by atoms with Crippen LogP contribution in [-0.4, -0.2) is 52.0 Å². The van der Waals surface area contributed by atoms with Crippen LogP contribution in [0.4, 0.5) is 0 Å². The van der Waals surface area contributed by atoms with Crippen LogP contribution in [0, 0.1) is 0 Å². The van der Waals surface area contributed by atoms with Crippen LogP contribution < -0.4 is 4.74 Å². The van der Waals surface area contributed by atoms with Crippen LogP contribution in [0.1, 0.15) is 54.8 Å². The number of aromatic amines is 1. The number of carbonyl (C=O) groups excluding carboxylic acids is 1. The van der Waals surface area contributed by atoms with Gasteiger partial charge in [0.1, 0.15) is 22.9 Å². The Morgan fingerprint density at radius 2 is 2.06 bits per heavy atom. The van der Waals surface area contributed by atoms with Crippen LogP contribution in [0.25, 0.3) is 11.3 Å². The molecular formula is C25H28ClN3O4. The average Bonchev–Trinajstić information content (AvgIpc) is 3.32. The van der Waals surface area contributed by atoms with Gasteiger partial charge in [0.25, 0.3) is 5.91 Å². The number of hydrogen-bond donors (Lipinski definition) is 2. The van der Waals surface area contributed by atoms with E-state index >= 15 is 0 Å². The summed E-state index contributed by atoms with van der Waals surface area (Å²) in [6, 6.07) is 12.1. The van der Waals surface area contributed by atoms with Crippen molar-refractivity contribution in [2.24, 2.45) is 0 Å². The Morgan fingerprint density at radius 3 is 2.82 bits per heavy atom. The van der Waals surface area contributed by atoms with Gasteiger partial charge in [-0.05, 0) is 63.1 Å². The first kappa shape index (κ1) is 23.1. The van der Waals surface area contributed by atoms with Crippen LogP contribution >= 0.6 is 11.6 Å². The van der Waals surface area contributed by atoms with E-state index in [2.05, 4.69) is 10.2 Å². The van der Waals surface area contributed by atoms with Crippen molar-refractivity contribution in [2.75, 3.05) is 19.8 Å². The number of hydrogen-bond acceptors (Lipinski definition) is 5. The number of benzene rings is 2. The quantitative estimate of drug-likeness (QED) is 0.421. The van der Waals surface area contributed by atoms with Crippen LogP contribution in [0.5, 0.6) is 11.5 Å². The minimum atomic E-state index is -0.390. The molecule has 2 N–H and O–H groups in total. The molecule has 8 heteroatoms. The highest BCUT2D eigenvalue weighted by Gasteiger charge is 2.42. The molecule has 0 spiro atoms. The Bertz CT molecular complexity index is 1140. The molecule has 33 heavy (non-hydrogen) atoms. The Hall–Kier alpha value is -3.03. The van der Waals surface area contributed by atoms with Crippen LogP contribution in [0.3, 0.4) is 0 Å². The van der Waals surface area contributed by atoms with Gasteiger partial charge in [-0.3, -0.25) is 9.89 Å². The third-order valence-corrected chi connectivity index (χ3v) is 5.79. The van der Waals surface area contributed by atoms with Gasteiger partial charge >= 0.3 is 0 Å². The maximum atomic E-state index is 13.4. The van der Waals surface area contributed by atoms with E-state index in [4.69, 9.17) is 21.1 Å². The van der Waals surface area contributed by atoms with Crippen molar-refractivity contribution in [1.29, 1.82) is 0 Å². The number of aromatic hydroxyl groups is 1. The van der Waals surface area contributed by atoms with Gasteiger partial charge in [0.15, 0.2) is 0 Å². The lowest BCUT2D eigenvalue weighted by Gasteiger charge is -2.27. The van der Waals surface area contributed by atoms with Crippen molar-refractivity contribution in [3.05, 3.63) is 64.3 Å². The molecule has 1 amide bonds. The molecule has 0 fully saturated rings. The maximum absolute atomic E-state index is 13.4. The summed E-state index contributed by atoms with van der Waals surface area (Å²) in [6.07, 6.45) is 0.827. The first-order valence-corrected chi connectivity index (χ1v) is 11.5. The number of nitrogens with zero attached hydrogens (tertiary/aromatic N) is 2. The Labute approximate surface area is 198 Å². The summed E-state index contributed by atoms with van der Waals surface area (Å²) in [6.45, 7) is 7.52. The summed E-state index contributed by atoms with van der Waals surface area (Å²) >= 11 is 6.20. The second-order valence-electron chi connectivity index (χ2n) is 8.20. The van der Waals surface area contributed by atoms with E-state index < -0.39 is 0 Å². The van der Waals surface area contributed by atoms with E-state index in [0.717, 1.165) is 16.9 Å². The summed E-state index contributed by atoms with van der Waals surface area (Å²) in [7, 11) is 0. The highest BCUT2D eigenvalue weighted by Crippen LogP contribution is 2.45. The molecule has 7 nitrogen and oxygen atoms in total. The fraction of sp³-hybridized carbons (Fsp3) is 0.360. The van der Waals surface area contributed by atoms with E-state index in [1.54, 1.807) is 12.1 Å². The lowest BCUT2D eigenvalue weighted by molar-refractivity contribution is 0.0601. The predicted octanol–water partition coefficient (Wildman–Crippen LogP) is 5.19. The number of ether oxygens (including phenoxy) is 2. The van der Waals surface area contributed by atoms with Crippen molar-refractivity contribution in [3.63, 3.8) is 0 Å². The minimum Gasteiger partial charge on any atom is -0.507 e. The molecule has 1 aliphatic rings. The van der Waals surface area contributed by atoms with Gasteiger partial charge in [0.2, 0.25) is 0 Å². The maximum Gasteiger partial charge on any atom is 0.273 e. The van der Waals surface area contributed by atoms with Crippen molar-refractivity contribution in [3.8, 4) is 22.8 Å². The summed E-state index contributed by atoms with van der Waals surface area (Å²) in [5.74, 6) is 0.642. The van der Waals surface area contributed by atoms with Crippen molar-refractivity contribution in [1.82, 2.24) is 15.1 Å². The molecule has 0 radical (unpaired) electrons. The second kappa shape index (κ2) is 9.85. The number of fused-ring (bicyclic) bond motifs is 1. The largest absolute Gasteiger partial charge is 0.507 e. The fourth-order valence-corrected chi connectivity index (χ4v) is 4.34. The number of nitrogens with one attached hydrogen (secondary N) is 1. The van der Waals surface area contributed by atoms with Crippen molar-refractivity contribution >= 4 is 17.5 Å². The third-order valence-electron chi connectivity index (χ3n) is 5.56. The Balaban J connectivity index is 1.78. The monoisotopic (exact) mass is 469 g/mol. The average molecular weight is 470 g/mol. The van der Waals surface area contributed by atoms with Crippen LogP contribution in [0.15, 0.2) is 42.5 Å². The van der Waals surface area contributed by atoms with Gasteiger partial charge in [-0.25, -0.2) is 0 Å². The molecule has 2 heterocycles. The molecular weight excluding hydrogens is 442 g/mol. The predicted molar refractivity (Wildman–Crippen MR) is 127 cm³/mol. The molecule has 174 valence electrons. The topological polar surface area (TPSA) is 87.7 Å². The molecule has 1 unspecified atom stereocenters. The number of amides is 1. The number of phenolic OH excluding ortho intramolecular Hbond substituents is 1.